The molecular weight excluding hydrogens is 296 g/mol. The number of methoxy groups -OCH3 is 1. The molecule has 122 valence electrons. The smallest absolute Gasteiger partial charge is 0.263 e. The Hall–Kier alpha value is -2.85. The lowest BCUT2D eigenvalue weighted by Gasteiger charge is -2.12. The van der Waals surface area contributed by atoms with Crippen molar-refractivity contribution in [2.24, 2.45) is 5.73 Å². The molecule has 2 amide bonds. The number of benzene rings is 1. The van der Waals surface area contributed by atoms with E-state index in [0.717, 1.165) is 11.3 Å². The quantitative estimate of drug-likeness (QED) is 0.392. The lowest BCUT2D eigenvalue weighted by atomic mass is 10.2. The molecule has 0 fully saturated rings. The first-order valence-electron chi connectivity index (χ1n) is 7.08. The molecule has 3 N–H and O–H groups in total. The minimum absolute atomic E-state index is 0.136. The van der Waals surface area contributed by atoms with Crippen LogP contribution in [0, 0.1) is 11.3 Å². The zero-order chi connectivity index (χ0) is 17.1. The van der Waals surface area contributed by atoms with Crippen molar-refractivity contribution in [3.05, 3.63) is 41.6 Å². The Labute approximate surface area is 135 Å². The number of amides is 2. The number of carbonyl (C=O) groups excluding carboxylic acids is 2. The van der Waals surface area contributed by atoms with Gasteiger partial charge in [-0.25, -0.2) is 0 Å². The highest BCUT2D eigenvalue weighted by atomic mass is 16.5. The van der Waals surface area contributed by atoms with Gasteiger partial charge in [-0.05, 0) is 30.7 Å². The van der Waals surface area contributed by atoms with E-state index in [0.29, 0.717) is 25.9 Å². The van der Waals surface area contributed by atoms with E-state index in [2.05, 4.69) is 5.32 Å². The first kappa shape index (κ1) is 18.2. The predicted octanol–water partition coefficient (Wildman–Crippen LogP) is 0.526. The van der Waals surface area contributed by atoms with Gasteiger partial charge in [0.25, 0.3) is 5.91 Å². The second kappa shape index (κ2) is 9.97. The molecule has 7 nitrogen and oxygen atoms in total. The Bertz CT molecular complexity index is 590. The summed E-state index contributed by atoms with van der Waals surface area (Å²) in [4.78, 5) is 24.1. The summed E-state index contributed by atoms with van der Waals surface area (Å²) in [5, 5.41) is 11.7. The predicted molar refractivity (Wildman–Crippen MR) is 85.0 cm³/mol. The number of nitrogens with two attached hydrogens (primary N) is 1. The van der Waals surface area contributed by atoms with Crippen LogP contribution in [0.15, 0.2) is 36.0 Å². The van der Waals surface area contributed by atoms with Gasteiger partial charge in [-0.15, -0.1) is 0 Å². The highest BCUT2D eigenvalue weighted by Gasteiger charge is 2.10. The van der Waals surface area contributed by atoms with Gasteiger partial charge in [0.15, 0.2) is 0 Å². The third kappa shape index (κ3) is 6.20. The standard InChI is InChI=1S/C16H20N4O3/c1-23-15-5-3-13(4-6-15)10-19-16(22)14(9-18)11-20(12-21)8-2-7-17/h3-6,11-12H,2,7-8,10,17H2,1H3,(H,19,22)/b14-11-. The van der Waals surface area contributed by atoms with Crippen LogP contribution in [0.25, 0.3) is 0 Å². The van der Waals surface area contributed by atoms with Gasteiger partial charge in [0.2, 0.25) is 6.41 Å². The minimum Gasteiger partial charge on any atom is -0.497 e. The first-order chi connectivity index (χ1) is 11.1. The van der Waals surface area contributed by atoms with Gasteiger partial charge in [-0.1, -0.05) is 12.1 Å². The van der Waals surface area contributed by atoms with E-state index < -0.39 is 5.91 Å². The topological polar surface area (TPSA) is 108 Å². The molecule has 0 aliphatic carbocycles. The summed E-state index contributed by atoms with van der Waals surface area (Å²) in [5.74, 6) is 0.183. The van der Waals surface area contributed by atoms with Crippen molar-refractivity contribution in [2.45, 2.75) is 13.0 Å². The van der Waals surface area contributed by atoms with Crippen LogP contribution in [-0.4, -0.2) is 37.4 Å². The number of ether oxygens (including phenoxy) is 1. The van der Waals surface area contributed by atoms with E-state index >= 15 is 0 Å². The summed E-state index contributed by atoms with van der Waals surface area (Å²) in [6, 6.07) is 8.98. The van der Waals surface area contributed by atoms with E-state index in [-0.39, 0.29) is 12.1 Å². The summed E-state index contributed by atoms with van der Waals surface area (Å²) in [5.41, 5.74) is 6.10. The molecule has 1 rings (SSSR count). The fourth-order valence-corrected chi connectivity index (χ4v) is 1.75. The Kier molecular flexibility index (Phi) is 7.89. The minimum atomic E-state index is -0.539. The second-order valence-corrected chi connectivity index (χ2v) is 4.67. The van der Waals surface area contributed by atoms with Gasteiger partial charge in [-0.3, -0.25) is 9.59 Å². The van der Waals surface area contributed by atoms with Crippen molar-refractivity contribution >= 4 is 12.3 Å². The molecule has 0 atom stereocenters. The van der Waals surface area contributed by atoms with E-state index in [4.69, 9.17) is 15.7 Å². The molecule has 7 heteroatoms. The van der Waals surface area contributed by atoms with Crippen LogP contribution in [0.5, 0.6) is 5.75 Å². The fraction of sp³-hybridized carbons (Fsp3) is 0.312. The number of hydrogen-bond acceptors (Lipinski definition) is 5. The number of rotatable bonds is 9. The Morgan fingerprint density at radius 1 is 1.43 bits per heavy atom. The van der Waals surface area contributed by atoms with E-state index in [1.165, 1.54) is 11.1 Å². The zero-order valence-corrected chi connectivity index (χ0v) is 13.0. The fourth-order valence-electron chi connectivity index (χ4n) is 1.75. The van der Waals surface area contributed by atoms with Crippen molar-refractivity contribution in [3.8, 4) is 11.8 Å². The summed E-state index contributed by atoms with van der Waals surface area (Å²) < 4.78 is 5.05. The van der Waals surface area contributed by atoms with E-state index in [9.17, 15) is 9.59 Å². The van der Waals surface area contributed by atoms with Crippen molar-refractivity contribution in [1.82, 2.24) is 10.2 Å². The maximum Gasteiger partial charge on any atom is 0.263 e. The monoisotopic (exact) mass is 316 g/mol. The number of nitriles is 1. The summed E-state index contributed by atoms with van der Waals surface area (Å²) in [7, 11) is 1.57. The number of nitrogens with zero attached hydrogens (tertiary/aromatic N) is 2. The molecule has 0 saturated heterocycles. The van der Waals surface area contributed by atoms with Crippen LogP contribution in [0.1, 0.15) is 12.0 Å². The van der Waals surface area contributed by atoms with Crippen molar-refractivity contribution in [1.29, 1.82) is 5.26 Å². The maximum absolute atomic E-state index is 12.0. The van der Waals surface area contributed by atoms with Crippen LogP contribution in [-0.2, 0) is 16.1 Å². The van der Waals surface area contributed by atoms with E-state index in [1.54, 1.807) is 25.3 Å². The lowest BCUT2D eigenvalue weighted by molar-refractivity contribution is -0.117. The molecule has 0 bridgehead atoms. The van der Waals surface area contributed by atoms with Crippen molar-refractivity contribution < 1.29 is 14.3 Å². The molecule has 0 radical (unpaired) electrons. The van der Waals surface area contributed by atoms with Crippen molar-refractivity contribution in [3.63, 3.8) is 0 Å². The average molecular weight is 316 g/mol. The molecule has 0 spiro atoms. The van der Waals surface area contributed by atoms with Gasteiger partial charge in [0, 0.05) is 19.3 Å². The van der Waals surface area contributed by atoms with Crippen molar-refractivity contribution in [2.75, 3.05) is 20.2 Å². The molecule has 0 unspecified atom stereocenters. The first-order valence-corrected chi connectivity index (χ1v) is 7.08. The normalized spacial score (nSPS) is 10.6. The number of nitrogens with one attached hydrogen (secondary N) is 1. The second-order valence-electron chi connectivity index (χ2n) is 4.67. The van der Waals surface area contributed by atoms with Crippen LogP contribution < -0.4 is 15.8 Å². The van der Waals surface area contributed by atoms with E-state index in [1.807, 2.05) is 12.1 Å². The average Bonchev–Trinajstić information content (AvgIpc) is 2.60. The third-order valence-corrected chi connectivity index (χ3v) is 3.03. The highest BCUT2D eigenvalue weighted by molar-refractivity contribution is 5.97. The lowest BCUT2D eigenvalue weighted by Crippen LogP contribution is -2.27. The molecule has 23 heavy (non-hydrogen) atoms. The highest BCUT2D eigenvalue weighted by Crippen LogP contribution is 2.11. The molecular formula is C16H20N4O3. The number of carbonyl (C=O) groups is 2. The zero-order valence-electron chi connectivity index (χ0n) is 13.0. The Balaban J connectivity index is 2.65. The molecule has 0 aromatic heterocycles. The largest absolute Gasteiger partial charge is 0.497 e. The van der Waals surface area contributed by atoms with Crippen LogP contribution >= 0.6 is 0 Å². The molecule has 0 heterocycles. The van der Waals surface area contributed by atoms with Crippen LogP contribution in [0.4, 0.5) is 0 Å². The Morgan fingerprint density at radius 3 is 2.65 bits per heavy atom. The van der Waals surface area contributed by atoms with Gasteiger partial charge in [0.1, 0.15) is 17.4 Å². The Morgan fingerprint density at radius 2 is 2.13 bits per heavy atom. The molecule has 0 aliphatic heterocycles. The molecule has 0 saturated carbocycles. The van der Waals surface area contributed by atoms with Crippen LogP contribution in [0.3, 0.4) is 0 Å². The third-order valence-electron chi connectivity index (χ3n) is 3.03. The molecule has 0 aliphatic rings. The van der Waals surface area contributed by atoms with Gasteiger partial charge in [-0.2, -0.15) is 5.26 Å². The van der Waals surface area contributed by atoms with Gasteiger partial charge >= 0.3 is 0 Å². The molecule has 1 aromatic rings. The van der Waals surface area contributed by atoms with Gasteiger partial charge in [0.05, 0.1) is 7.11 Å². The van der Waals surface area contributed by atoms with Crippen LogP contribution in [0.2, 0.25) is 0 Å². The van der Waals surface area contributed by atoms with Gasteiger partial charge < -0.3 is 20.7 Å². The SMILES string of the molecule is COc1ccc(CNC(=O)/C(C#N)=C\N(C=O)CCCN)cc1. The summed E-state index contributed by atoms with van der Waals surface area (Å²) >= 11 is 0. The molecule has 1 aromatic carbocycles. The summed E-state index contributed by atoms with van der Waals surface area (Å²) in [6.07, 6.45) is 2.37. The maximum atomic E-state index is 12.0. The number of hydrogen-bond donors (Lipinski definition) is 2. The summed E-state index contributed by atoms with van der Waals surface area (Å²) in [6.45, 7) is 1.05.